The molecule has 1 aliphatic heterocycles. The topological polar surface area (TPSA) is 41.6 Å². The number of hydrogen-bond donors (Lipinski definition) is 1. The number of nitrogens with one attached hydrogen (secondary N) is 1. The Morgan fingerprint density at radius 3 is 3.00 bits per heavy atom. The number of piperazine rings is 1. The molecule has 0 saturated carbocycles. The van der Waals surface area contributed by atoms with Gasteiger partial charge in [0.15, 0.2) is 0 Å². The fourth-order valence-corrected chi connectivity index (χ4v) is 2.16. The third-order valence-corrected chi connectivity index (χ3v) is 3.17. The van der Waals surface area contributed by atoms with E-state index >= 15 is 0 Å². The lowest BCUT2D eigenvalue weighted by atomic mass is 10.1. The lowest BCUT2D eigenvalue weighted by molar-refractivity contribution is 0.0851. The van der Waals surface area contributed by atoms with E-state index in [1.165, 1.54) is 0 Å². The first-order valence-electron chi connectivity index (χ1n) is 6.59. The number of nitrogens with zero attached hydrogens (tertiary/aromatic N) is 1. The van der Waals surface area contributed by atoms with E-state index in [4.69, 9.17) is 4.74 Å². The SMILES string of the molecule is C=CCC1CN(C(=O)OCc2ccccc2)CCN1. The van der Waals surface area contributed by atoms with Gasteiger partial charge in [0.05, 0.1) is 0 Å². The monoisotopic (exact) mass is 260 g/mol. The molecule has 0 spiro atoms. The Bertz CT molecular complexity index is 419. The highest BCUT2D eigenvalue weighted by Crippen LogP contribution is 2.07. The van der Waals surface area contributed by atoms with Crippen LogP contribution in [0.2, 0.25) is 0 Å². The van der Waals surface area contributed by atoms with Gasteiger partial charge in [-0.2, -0.15) is 0 Å². The van der Waals surface area contributed by atoms with Crippen molar-refractivity contribution in [1.29, 1.82) is 0 Å². The zero-order valence-electron chi connectivity index (χ0n) is 11.0. The quantitative estimate of drug-likeness (QED) is 0.844. The zero-order valence-corrected chi connectivity index (χ0v) is 11.0. The van der Waals surface area contributed by atoms with Crippen molar-refractivity contribution in [3.63, 3.8) is 0 Å². The standard InChI is InChI=1S/C15H20N2O2/c1-2-6-14-11-17(10-9-16-14)15(18)19-12-13-7-4-3-5-8-13/h2-5,7-8,14,16H,1,6,9-12H2. The van der Waals surface area contributed by atoms with Gasteiger partial charge in [-0.25, -0.2) is 4.79 Å². The molecule has 0 bridgehead atoms. The minimum absolute atomic E-state index is 0.237. The van der Waals surface area contributed by atoms with E-state index in [2.05, 4.69) is 11.9 Å². The van der Waals surface area contributed by atoms with Gasteiger partial charge in [-0.1, -0.05) is 36.4 Å². The molecule has 1 fully saturated rings. The van der Waals surface area contributed by atoms with E-state index in [1.54, 1.807) is 4.90 Å². The first-order valence-corrected chi connectivity index (χ1v) is 6.59. The summed E-state index contributed by atoms with van der Waals surface area (Å²) in [6, 6.07) is 10.0. The second kappa shape index (κ2) is 6.95. The lowest BCUT2D eigenvalue weighted by Gasteiger charge is -2.32. The highest BCUT2D eigenvalue weighted by molar-refractivity contribution is 5.67. The van der Waals surface area contributed by atoms with E-state index in [1.807, 2.05) is 36.4 Å². The summed E-state index contributed by atoms with van der Waals surface area (Å²) in [5, 5.41) is 3.36. The van der Waals surface area contributed by atoms with Gasteiger partial charge >= 0.3 is 6.09 Å². The van der Waals surface area contributed by atoms with E-state index in [0.29, 0.717) is 19.7 Å². The first-order chi connectivity index (χ1) is 9.29. The lowest BCUT2D eigenvalue weighted by Crippen LogP contribution is -2.52. The highest BCUT2D eigenvalue weighted by Gasteiger charge is 2.23. The molecule has 1 saturated heterocycles. The average Bonchev–Trinajstić information content (AvgIpc) is 2.46. The van der Waals surface area contributed by atoms with Gasteiger partial charge in [-0.15, -0.1) is 6.58 Å². The fraction of sp³-hybridized carbons (Fsp3) is 0.400. The Hall–Kier alpha value is -1.81. The highest BCUT2D eigenvalue weighted by atomic mass is 16.6. The van der Waals surface area contributed by atoms with Crippen LogP contribution in [0.5, 0.6) is 0 Å². The van der Waals surface area contributed by atoms with Crippen LogP contribution in [0.3, 0.4) is 0 Å². The summed E-state index contributed by atoms with van der Waals surface area (Å²) >= 11 is 0. The van der Waals surface area contributed by atoms with Crippen molar-refractivity contribution < 1.29 is 9.53 Å². The van der Waals surface area contributed by atoms with Crippen molar-refractivity contribution in [1.82, 2.24) is 10.2 Å². The first kappa shape index (κ1) is 13.6. The third-order valence-electron chi connectivity index (χ3n) is 3.17. The molecule has 0 aromatic heterocycles. The summed E-state index contributed by atoms with van der Waals surface area (Å²) in [6.45, 7) is 6.24. The number of hydrogen-bond acceptors (Lipinski definition) is 3. The maximum absolute atomic E-state index is 12.0. The van der Waals surface area contributed by atoms with E-state index in [-0.39, 0.29) is 12.1 Å². The molecule has 2 rings (SSSR count). The van der Waals surface area contributed by atoms with Gasteiger partial charge in [0, 0.05) is 25.7 Å². The Kier molecular flexibility index (Phi) is 4.98. The van der Waals surface area contributed by atoms with Crippen LogP contribution in [0, 0.1) is 0 Å². The molecule has 102 valence electrons. The Morgan fingerprint density at radius 1 is 1.47 bits per heavy atom. The van der Waals surface area contributed by atoms with Gasteiger partial charge in [-0.05, 0) is 12.0 Å². The Morgan fingerprint density at radius 2 is 2.26 bits per heavy atom. The number of carbonyl (C=O) groups excluding carboxylic acids is 1. The van der Waals surface area contributed by atoms with Crippen LogP contribution in [-0.2, 0) is 11.3 Å². The van der Waals surface area contributed by atoms with Crippen LogP contribution < -0.4 is 5.32 Å². The molecule has 1 heterocycles. The van der Waals surface area contributed by atoms with Gasteiger partial charge in [-0.3, -0.25) is 0 Å². The van der Waals surface area contributed by atoms with Crippen LogP contribution >= 0.6 is 0 Å². The second-order valence-corrected chi connectivity index (χ2v) is 4.66. The smallest absolute Gasteiger partial charge is 0.410 e. The Balaban J connectivity index is 1.81. The van der Waals surface area contributed by atoms with Crippen LogP contribution in [0.15, 0.2) is 43.0 Å². The summed E-state index contributed by atoms with van der Waals surface area (Å²) in [4.78, 5) is 13.7. The molecule has 1 amide bonds. The second-order valence-electron chi connectivity index (χ2n) is 4.66. The van der Waals surface area contributed by atoms with Crippen molar-refractivity contribution >= 4 is 6.09 Å². The fourth-order valence-electron chi connectivity index (χ4n) is 2.16. The maximum atomic E-state index is 12.0. The molecule has 1 aromatic carbocycles. The normalized spacial score (nSPS) is 18.9. The maximum Gasteiger partial charge on any atom is 0.410 e. The molecule has 1 unspecified atom stereocenters. The van der Waals surface area contributed by atoms with Gasteiger partial charge in [0.2, 0.25) is 0 Å². The molecule has 1 N–H and O–H groups in total. The van der Waals surface area contributed by atoms with E-state index in [9.17, 15) is 4.79 Å². The minimum Gasteiger partial charge on any atom is -0.445 e. The molecule has 4 heteroatoms. The summed E-state index contributed by atoms with van der Waals surface area (Å²) in [6.07, 6.45) is 2.50. The number of carbonyl (C=O) groups is 1. The number of ether oxygens (including phenoxy) is 1. The third kappa shape index (κ3) is 4.10. The molecule has 4 nitrogen and oxygen atoms in total. The predicted octanol–water partition coefficient (Wildman–Crippen LogP) is 2.17. The summed E-state index contributed by atoms with van der Waals surface area (Å²) in [5.41, 5.74) is 1.01. The molecule has 1 atom stereocenters. The number of rotatable bonds is 4. The van der Waals surface area contributed by atoms with Gasteiger partial charge in [0.25, 0.3) is 0 Å². The van der Waals surface area contributed by atoms with Gasteiger partial charge < -0.3 is 15.0 Å². The minimum atomic E-state index is -0.237. The summed E-state index contributed by atoms with van der Waals surface area (Å²) in [7, 11) is 0. The molecule has 1 aliphatic rings. The molecule has 0 radical (unpaired) electrons. The van der Waals surface area contributed by atoms with E-state index in [0.717, 1.165) is 18.5 Å². The summed E-state index contributed by atoms with van der Waals surface area (Å²) in [5.74, 6) is 0. The molecule has 19 heavy (non-hydrogen) atoms. The zero-order chi connectivity index (χ0) is 13.5. The van der Waals surface area contributed by atoms with Crippen LogP contribution in [0.4, 0.5) is 4.79 Å². The molecule has 0 aliphatic carbocycles. The number of amides is 1. The average molecular weight is 260 g/mol. The van der Waals surface area contributed by atoms with Gasteiger partial charge in [0.1, 0.15) is 6.61 Å². The van der Waals surface area contributed by atoms with Crippen LogP contribution in [0.25, 0.3) is 0 Å². The molecular weight excluding hydrogens is 240 g/mol. The van der Waals surface area contributed by atoms with Crippen molar-refractivity contribution in [3.05, 3.63) is 48.6 Å². The van der Waals surface area contributed by atoms with Crippen LogP contribution in [-0.4, -0.2) is 36.7 Å². The molecule has 1 aromatic rings. The summed E-state index contributed by atoms with van der Waals surface area (Å²) < 4.78 is 5.33. The predicted molar refractivity (Wildman–Crippen MR) is 74.8 cm³/mol. The number of benzene rings is 1. The van der Waals surface area contributed by atoms with Crippen molar-refractivity contribution in [3.8, 4) is 0 Å². The Labute approximate surface area is 114 Å². The van der Waals surface area contributed by atoms with Crippen molar-refractivity contribution in [2.45, 2.75) is 19.1 Å². The van der Waals surface area contributed by atoms with Crippen molar-refractivity contribution in [2.24, 2.45) is 0 Å². The van der Waals surface area contributed by atoms with Crippen molar-refractivity contribution in [2.75, 3.05) is 19.6 Å². The van der Waals surface area contributed by atoms with E-state index < -0.39 is 0 Å². The molecular formula is C15H20N2O2. The largest absolute Gasteiger partial charge is 0.445 e. The van der Waals surface area contributed by atoms with Crippen LogP contribution in [0.1, 0.15) is 12.0 Å².